The highest BCUT2D eigenvalue weighted by atomic mass is 19.1. The molecule has 2 N–H and O–H groups in total. The van der Waals surface area contributed by atoms with Crippen LogP contribution >= 0.6 is 0 Å². The van der Waals surface area contributed by atoms with Crippen molar-refractivity contribution in [2.45, 2.75) is 6.04 Å². The third-order valence-electron chi connectivity index (χ3n) is 2.77. The number of nitrogens with one attached hydrogen (secondary N) is 2. The van der Waals surface area contributed by atoms with E-state index in [0.717, 1.165) is 0 Å². The summed E-state index contributed by atoms with van der Waals surface area (Å²) in [6, 6.07) is 7.01. The first kappa shape index (κ1) is 12.3. The van der Waals surface area contributed by atoms with E-state index >= 15 is 0 Å². The summed E-state index contributed by atoms with van der Waals surface area (Å²) in [4.78, 5) is 13.4. The quantitative estimate of drug-likeness (QED) is 0.783. The molecule has 1 aromatic rings. The van der Waals surface area contributed by atoms with Crippen LogP contribution in [0, 0.1) is 17.1 Å². The van der Waals surface area contributed by atoms with Gasteiger partial charge in [-0.2, -0.15) is 5.26 Å². The monoisotopic (exact) mass is 248 g/mol. The highest BCUT2D eigenvalue weighted by molar-refractivity contribution is 5.90. The first-order valence-electron chi connectivity index (χ1n) is 5.65. The summed E-state index contributed by atoms with van der Waals surface area (Å²) >= 11 is 0. The Bertz CT molecular complexity index is 485. The maximum absolute atomic E-state index is 13.4. The van der Waals surface area contributed by atoms with Crippen LogP contribution in [0.5, 0.6) is 0 Å². The molecule has 6 heteroatoms. The highest BCUT2D eigenvalue weighted by Gasteiger charge is 2.26. The second-order valence-corrected chi connectivity index (χ2v) is 3.95. The molecule has 2 amide bonds. The summed E-state index contributed by atoms with van der Waals surface area (Å²) in [5.74, 6) is -0.491. The molecular formula is C12H13FN4O. The summed E-state index contributed by atoms with van der Waals surface area (Å²) in [6.45, 7) is 1.49. The van der Waals surface area contributed by atoms with Crippen molar-refractivity contribution in [2.24, 2.45) is 0 Å². The smallest absolute Gasteiger partial charge is 0.312 e. The fraction of sp³-hybridized carbons (Fsp3) is 0.333. The standard InChI is InChI=1S/C12H13FN4O/c13-10-3-1-2-4-11(10)16-12(18)17-6-5-15-8-9(17)7-14/h1-4,9,15H,5-6,8H2,(H,16,18). The fourth-order valence-corrected chi connectivity index (χ4v) is 1.81. The van der Waals surface area contributed by atoms with Crippen molar-refractivity contribution in [1.29, 1.82) is 5.26 Å². The van der Waals surface area contributed by atoms with Crippen molar-refractivity contribution in [3.63, 3.8) is 0 Å². The lowest BCUT2D eigenvalue weighted by atomic mass is 10.2. The van der Waals surface area contributed by atoms with E-state index in [1.54, 1.807) is 12.1 Å². The molecule has 5 nitrogen and oxygen atoms in total. The number of piperazine rings is 1. The second kappa shape index (κ2) is 5.47. The van der Waals surface area contributed by atoms with Gasteiger partial charge in [0.2, 0.25) is 0 Å². The summed E-state index contributed by atoms with van der Waals surface area (Å²) < 4.78 is 13.4. The minimum absolute atomic E-state index is 0.123. The number of urea groups is 1. The van der Waals surface area contributed by atoms with E-state index in [1.807, 2.05) is 6.07 Å². The van der Waals surface area contributed by atoms with Gasteiger partial charge in [0.15, 0.2) is 0 Å². The Labute approximate surface area is 104 Å². The van der Waals surface area contributed by atoms with E-state index in [9.17, 15) is 9.18 Å². The first-order chi connectivity index (χ1) is 8.72. The molecule has 0 bridgehead atoms. The van der Waals surface area contributed by atoms with Gasteiger partial charge in [-0.05, 0) is 12.1 Å². The van der Waals surface area contributed by atoms with Crippen molar-refractivity contribution in [1.82, 2.24) is 10.2 Å². The van der Waals surface area contributed by atoms with Gasteiger partial charge in [-0.25, -0.2) is 9.18 Å². The number of para-hydroxylation sites is 1. The van der Waals surface area contributed by atoms with Crippen molar-refractivity contribution < 1.29 is 9.18 Å². The maximum Gasteiger partial charge on any atom is 0.323 e. The van der Waals surface area contributed by atoms with Gasteiger partial charge in [0.25, 0.3) is 0 Å². The number of hydrogen-bond donors (Lipinski definition) is 2. The van der Waals surface area contributed by atoms with E-state index in [1.165, 1.54) is 17.0 Å². The van der Waals surface area contributed by atoms with E-state index < -0.39 is 17.9 Å². The molecule has 0 radical (unpaired) electrons. The average Bonchev–Trinajstić information content (AvgIpc) is 2.41. The van der Waals surface area contributed by atoms with Crippen LogP contribution in [0.25, 0.3) is 0 Å². The van der Waals surface area contributed by atoms with E-state index in [4.69, 9.17) is 5.26 Å². The molecule has 0 saturated carbocycles. The van der Waals surface area contributed by atoms with Crippen LogP contribution < -0.4 is 10.6 Å². The van der Waals surface area contributed by atoms with E-state index in [2.05, 4.69) is 10.6 Å². The van der Waals surface area contributed by atoms with Gasteiger partial charge in [0, 0.05) is 19.6 Å². The van der Waals surface area contributed by atoms with Gasteiger partial charge < -0.3 is 15.5 Å². The number of hydrogen-bond acceptors (Lipinski definition) is 3. The molecular weight excluding hydrogens is 235 g/mol. The van der Waals surface area contributed by atoms with Crippen LogP contribution in [-0.2, 0) is 0 Å². The van der Waals surface area contributed by atoms with E-state index in [0.29, 0.717) is 19.6 Å². The fourth-order valence-electron chi connectivity index (χ4n) is 1.81. The number of benzene rings is 1. The number of halogens is 1. The Kier molecular flexibility index (Phi) is 3.75. The number of carbonyl (C=O) groups is 1. The molecule has 0 aromatic heterocycles. The van der Waals surface area contributed by atoms with Gasteiger partial charge in [0.05, 0.1) is 11.8 Å². The minimum Gasteiger partial charge on any atom is -0.312 e. The molecule has 1 aromatic carbocycles. The Morgan fingerprint density at radius 1 is 1.56 bits per heavy atom. The number of rotatable bonds is 1. The van der Waals surface area contributed by atoms with Crippen molar-refractivity contribution in [3.05, 3.63) is 30.1 Å². The van der Waals surface area contributed by atoms with Gasteiger partial charge in [-0.3, -0.25) is 0 Å². The Hall–Kier alpha value is -2.13. The highest BCUT2D eigenvalue weighted by Crippen LogP contribution is 2.14. The van der Waals surface area contributed by atoms with Gasteiger partial charge in [-0.1, -0.05) is 12.1 Å². The van der Waals surface area contributed by atoms with Crippen LogP contribution in [0.2, 0.25) is 0 Å². The molecule has 1 aliphatic rings. The number of carbonyl (C=O) groups excluding carboxylic acids is 1. The lowest BCUT2D eigenvalue weighted by molar-refractivity contribution is 0.188. The molecule has 1 heterocycles. The molecule has 18 heavy (non-hydrogen) atoms. The summed E-state index contributed by atoms with van der Waals surface area (Å²) in [5, 5.41) is 14.5. The van der Waals surface area contributed by atoms with Gasteiger partial charge >= 0.3 is 6.03 Å². The van der Waals surface area contributed by atoms with Crippen molar-refractivity contribution in [3.8, 4) is 6.07 Å². The average molecular weight is 248 g/mol. The summed E-state index contributed by atoms with van der Waals surface area (Å²) in [7, 11) is 0. The zero-order valence-corrected chi connectivity index (χ0v) is 9.69. The number of nitriles is 1. The topological polar surface area (TPSA) is 68.2 Å². The summed E-state index contributed by atoms with van der Waals surface area (Å²) in [5.41, 5.74) is 0.123. The second-order valence-electron chi connectivity index (χ2n) is 3.95. The molecule has 2 rings (SSSR count). The van der Waals surface area contributed by atoms with Crippen LogP contribution in [0.15, 0.2) is 24.3 Å². The maximum atomic E-state index is 13.4. The lowest BCUT2D eigenvalue weighted by Gasteiger charge is -2.31. The van der Waals surface area contributed by atoms with Crippen molar-refractivity contribution in [2.75, 3.05) is 25.0 Å². The van der Waals surface area contributed by atoms with Crippen LogP contribution in [0.3, 0.4) is 0 Å². The zero-order valence-electron chi connectivity index (χ0n) is 9.69. The predicted molar refractivity (Wildman–Crippen MR) is 64.4 cm³/mol. The van der Waals surface area contributed by atoms with Crippen LogP contribution in [-0.4, -0.2) is 36.6 Å². The number of amides is 2. The Balaban J connectivity index is 2.08. The normalized spacial score (nSPS) is 19.1. The largest absolute Gasteiger partial charge is 0.323 e. The molecule has 1 aliphatic heterocycles. The van der Waals surface area contributed by atoms with Crippen LogP contribution in [0.4, 0.5) is 14.9 Å². The van der Waals surface area contributed by atoms with Gasteiger partial charge in [0.1, 0.15) is 11.9 Å². The third-order valence-corrected chi connectivity index (χ3v) is 2.77. The molecule has 0 spiro atoms. The Morgan fingerprint density at radius 2 is 2.33 bits per heavy atom. The molecule has 1 atom stereocenters. The molecule has 1 unspecified atom stereocenters. The zero-order chi connectivity index (χ0) is 13.0. The third kappa shape index (κ3) is 2.57. The Morgan fingerprint density at radius 3 is 3.06 bits per heavy atom. The molecule has 1 saturated heterocycles. The number of anilines is 1. The van der Waals surface area contributed by atoms with Crippen molar-refractivity contribution >= 4 is 11.7 Å². The SMILES string of the molecule is N#CC1CNCCN1C(=O)Nc1ccccc1F. The lowest BCUT2D eigenvalue weighted by Crippen LogP contribution is -2.54. The molecule has 94 valence electrons. The minimum atomic E-state index is -0.523. The molecule has 1 fully saturated rings. The van der Waals surface area contributed by atoms with Gasteiger partial charge in [-0.15, -0.1) is 0 Å². The molecule has 0 aliphatic carbocycles. The first-order valence-corrected chi connectivity index (χ1v) is 5.65. The van der Waals surface area contributed by atoms with E-state index in [-0.39, 0.29) is 5.69 Å². The summed E-state index contributed by atoms with van der Waals surface area (Å²) in [6.07, 6.45) is 0. The number of nitrogens with zero attached hydrogens (tertiary/aromatic N) is 2. The predicted octanol–water partition coefficient (Wildman–Crippen LogP) is 1.15. The van der Waals surface area contributed by atoms with Crippen LogP contribution in [0.1, 0.15) is 0 Å².